The molecule has 0 atom stereocenters. The third-order valence-electron chi connectivity index (χ3n) is 5.07. The molecule has 0 radical (unpaired) electrons. The Morgan fingerprint density at radius 1 is 1.09 bits per heavy atom. The highest BCUT2D eigenvalue weighted by Gasteiger charge is 2.33. The summed E-state index contributed by atoms with van der Waals surface area (Å²) in [4.78, 5) is 20.9. The molecule has 1 aromatic heterocycles. The van der Waals surface area contributed by atoms with Gasteiger partial charge in [-0.05, 0) is 48.4 Å². The van der Waals surface area contributed by atoms with E-state index >= 15 is 0 Å². The van der Waals surface area contributed by atoms with E-state index in [9.17, 15) is 18.0 Å². The molecule has 11 heteroatoms. The smallest absolute Gasteiger partial charge is 0.417 e. The molecule has 2 heterocycles. The van der Waals surface area contributed by atoms with Crippen LogP contribution in [-0.2, 0) is 17.4 Å². The van der Waals surface area contributed by atoms with Crippen molar-refractivity contribution in [3.8, 4) is 11.5 Å². The number of halogens is 5. The number of rotatable bonds is 7. The molecule has 0 saturated carbocycles. The summed E-state index contributed by atoms with van der Waals surface area (Å²) in [6.45, 7) is 1.46. The number of benzene rings is 2. The first-order valence-electron chi connectivity index (χ1n) is 10.6. The number of nitrogens with zero attached hydrogens (tertiary/aromatic N) is 2. The number of aryl methyl sites for hydroxylation is 1. The van der Waals surface area contributed by atoms with E-state index in [0.29, 0.717) is 41.0 Å². The van der Waals surface area contributed by atoms with Gasteiger partial charge in [-0.2, -0.15) is 13.2 Å². The highest BCUT2D eigenvalue weighted by Crippen LogP contribution is 2.36. The van der Waals surface area contributed by atoms with Crippen LogP contribution in [0.25, 0.3) is 0 Å². The summed E-state index contributed by atoms with van der Waals surface area (Å²) < 4.78 is 44.9. The Morgan fingerprint density at radius 3 is 2.63 bits per heavy atom. The summed E-state index contributed by atoms with van der Waals surface area (Å²) >= 11 is 12.0. The van der Waals surface area contributed by atoms with Gasteiger partial charge in [-0.3, -0.25) is 14.8 Å². The van der Waals surface area contributed by atoms with Crippen LogP contribution in [0.15, 0.2) is 59.7 Å². The molecule has 2 N–H and O–H groups in total. The maximum absolute atomic E-state index is 13.0. The molecule has 0 saturated heterocycles. The van der Waals surface area contributed by atoms with Gasteiger partial charge in [0.05, 0.1) is 22.2 Å². The minimum absolute atomic E-state index is 0.0176. The Balaban J connectivity index is 1.35. The van der Waals surface area contributed by atoms with Gasteiger partial charge in [-0.15, -0.1) is 0 Å². The van der Waals surface area contributed by atoms with Crippen LogP contribution in [0.2, 0.25) is 10.0 Å². The van der Waals surface area contributed by atoms with Gasteiger partial charge in [0.15, 0.2) is 0 Å². The van der Waals surface area contributed by atoms with Crippen molar-refractivity contribution in [1.82, 2.24) is 10.3 Å². The monoisotopic (exact) mass is 522 g/mol. The lowest BCUT2D eigenvalue weighted by atomic mass is 10.1. The molecule has 1 amide bonds. The van der Waals surface area contributed by atoms with Gasteiger partial charge in [-0.1, -0.05) is 29.3 Å². The molecule has 0 fully saturated rings. The van der Waals surface area contributed by atoms with E-state index in [4.69, 9.17) is 27.9 Å². The van der Waals surface area contributed by atoms with Crippen LogP contribution in [0.5, 0.6) is 11.5 Å². The Hall–Kier alpha value is -3.30. The van der Waals surface area contributed by atoms with Crippen molar-refractivity contribution in [2.45, 2.75) is 19.0 Å². The van der Waals surface area contributed by atoms with Crippen LogP contribution in [0.4, 0.5) is 18.9 Å². The predicted molar refractivity (Wildman–Crippen MR) is 129 cm³/mol. The van der Waals surface area contributed by atoms with Gasteiger partial charge in [0.2, 0.25) is 5.91 Å². The fourth-order valence-corrected chi connectivity index (χ4v) is 3.85. The summed E-state index contributed by atoms with van der Waals surface area (Å²) in [5.74, 6) is 1.24. The average molecular weight is 523 g/mol. The minimum atomic E-state index is -4.61. The van der Waals surface area contributed by atoms with E-state index in [0.717, 1.165) is 24.2 Å². The second kappa shape index (κ2) is 10.5. The van der Waals surface area contributed by atoms with Crippen molar-refractivity contribution < 1.29 is 22.7 Å². The van der Waals surface area contributed by atoms with Crippen LogP contribution in [0, 0.1) is 0 Å². The Labute approximate surface area is 209 Å². The van der Waals surface area contributed by atoms with E-state index in [2.05, 4.69) is 20.6 Å². The maximum Gasteiger partial charge on any atom is 0.417 e. The van der Waals surface area contributed by atoms with E-state index in [1.54, 1.807) is 36.5 Å². The van der Waals surface area contributed by atoms with Crippen molar-refractivity contribution in [2.24, 2.45) is 4.99 Å². The van der Waals surface area contributed by atoms with Crippen LogP contribution >= 0.6 is 23.2 Å². The Bertz CT molecular complexity index is 1280. The SMILES string of the molecule is O=C(CCc1ccc(Oc2ccnc(C3=NCCN3)c2)c(Cl)c1)Nc1ccc(Cl)c(C(F)(F)F)c1. The molecule has 3 aromatic rings. The minimum Gasteiger partial charge on any atom is -0.456 e. The highest BCUT2D eigenvalue weighted by molar-refractivity contribution is 6.32. The zero-order chi connectivity index (χ0) is 25.0. The molecule has 0 spiro atoms. The van der Waals surface area contributed by atoms with E-state index in [1.807, 2.05) is 0 Å². The Kier molecular flexibility index (Phi) is 7.47. The molecule has 2 aromatic carbocycles. The second-order valence-corrected chi connectivity index (χ2v) is 8.46. The summed E-state index contributed by atoms with van der Waals surface area (Å²) in [6, 6.07) is 11.8. The zero-order valence-corrected chi connectivity index (χ0v) is 19.6. The van der Waals surface area contributed by atoms with Crippen molar-refractivity contribution >= 4 is 40.6 Å². The largest absolute Gasteiger partial charge is 0.456 e. The molecule has 0 unspecified atom stereocenters. The zero-order valence-electron chi connectivity index (χ0n) is 18.1. The lowest BCUT2D eigenvalue weighted by Gasteiger charge is -2.12. The molecule has 182 valence electrons. The van der Waals surface area contributed by atoms with Crippen LogP contribution in [0.1, 0.15) is 23.2 Å². The fraction of sp³-hybridized carbons (Fsp3) is 0.208. The standard InChI is InChI=1S/C24H19Cl2F3N4O2/c25-18-4-3-15(12-17(18)24(27,28)29)33-22(34)6-2-14-1-5-21(19(26)11-14)35-16-7-8-30-20(13-16)23-31-9-10-32-23/h1,3-5,7-8,11-13H,2,6,9-10H2,(H,31,32)(H,33,34). The number of hydrogen-bond donors (Lipinski definition) is 2. The lowest BCUT2D eigenvalue weighted by molar-refractivity contribution is -0.137. The predicted octanol–water partition coefficient (Wildman–Crippen LogP) is 6.12. The van der Waals surface area contributed by atoms with Crippen LogP contribution in [-0.4, -0.2) is 29.8 Å². The molecule has 4 rings (SSSR count). The maximum atomic E-state index is 13.0. The fourth-order valence-electron chi connectivity index (χ4n) is 3.38. The number of hydrogen-bond acceptors (Lipinski definition) is 5. The molecule has 0 aliphatic carbocycles. The summed E-state index contributed by atoms with van der Waals surface area (Å²) in [5.41, 5.74) is 0.448. The molecule has 6 nitrogen and oxygen atoms in total. The first-order valence-corrected chi connectivity index (χ1v) is 11.3. The van der Waals surface area contributed by atoms with Crippen molar-refractivity contribution in [3.63, 3.8) is 0 Å². The van der Waals surface area contributed by atoms with E-state index in [-0.39, 0.29) is 12.1 Å². The number of amides is 1. The number of ether oxygens (including phenoxy) is 1. The molecular weight excluding hydrogens is 504 g/mol. The van der Waals surface area contributed by atoms with Gasteiger partial charge < -0.3 is 15.4 Å². The average Bonchev–Trinajstić information content (AvgIpc) is 3.35. The molecule has 0 bridgehead atoms. The molecule has 1 aliphatic rings. The van der Waals surface area contributed by atoms with E-state index < -0.39 is 22.7 Å². The van der Waals surface area contributed by atoms with Crippen molar-refractivity contribution in [3.05, 3.63) is 81.6 Å². The number of aliphatic imine (C=N–C) groups is 1. The van der Waals surface area contributed by atoms with Gasteiger partial charge in [-0.25, -0.2) is 0 Å². The number of alkyl halides is 3. The lowest BCUT2D eigenvalue weighted by Crippen LogP contribution is -2.20. The number of carbonyl (C=O) groups is 1. The number of aromatic nitrogens is 1. The van der Waals surface area contributed by atoms with Crippen LogP contribution in [0.3, 0.4) is 0 Å². The number of carbonyl (C=O) groups excluding carboxylic acids is 1. The third-order valence-corrected chi connectivity index (χ3v) is 5.69. The summed E-state index contributed by atoms with van der Waals surface area (Å²) in [5, 5.41) is 5.53. The molecule has 35 heavy (non-hydrogen) atoms. The summed E-state index contributed by atoms with van der Waals surface area (Å²) in [7, 11) is 0. The first-order chi connectivity index (χ1) is 16.7. The number of anilines is 1. The van der Waals surface area contributed by atoms with Gasteiger partial charge in [0.25, 0.3) is 0 Å². The Morgan fingerprint density at radius 2 is 1.91 bits per heavy atom. The highest BCUT2D eigenvalue weighted by atomic mass is 35.5. The summed E-state index contributed by atoms with van der Waals surface area (Å²) in [6.07, 6.45) is -2.62. The van der Waals surface area contributed by atoms with Gasteiger partial charge in [0, 0.05) is 30.9 Å². The number of amidine groups is 1. The van der Waals surface area contributed by atoms with Gasteiger partial charge in [0.1, 0.15) is 23.0 Å². The first kappa shape index (κ1) is 24.8. The second-order valence-electron chi connectivity index (χ2n) is 7.64. The topological polar surface area (TPSA) is 75.6 Å². The molecule has 1 aliphatic heterocycles. The number of pyridine rings is 1. The van der Waals surface area contributed by atoms with Crippen molar-refractivity contribution in [2.75, 3.05) is 18.4 Å². The normalized spacial score (nSPS) is 13.2. The molecular formula is C24H19Cl2F3N4O2. The van der Waals surface area contributed by atoms with E-state index in [1.165, 1.54) is 6.07 Å². The van der Waals surface area contributed by atoms with Crippen molar-refractivity contribution in [1.29, 1.82) is 0 Å². The van der Waals surface area contributed by atoms with Crippen LogP contribution < -0.4 is 15.4 Å². The quantitative estimate of drug-likeness (QED) is 0.391. The third kappa shape index (κ3) is 6.43. The van der Waals surface area contributed by atoms with Gasteiger partial charge >= 0.3 is 6.18 Å². The number of nitrogens with one attached hydrogen (secondary N) is 2.